The molecule has 0 spiro atoms. The third-order valence-electron chi connectivity index (χ3n) is 1.38. The average Bonchev–Trinajstić information content (AvgIpc) is 2.07. The number of ether oxygens (including phenoxy) is 1. The van der Waals surface area contributed by atoms with E-state index >= 15 is 0 Å². The number of nitrogens with zero attached hydrogens (tertiary/aromatic N) is 1. The molecule has 0 aliphatic heterocycles. The molecule has 72 valence electrons. The number of rotatable bonds is 3. The Morgan fingerprint density at radius 3 is 2.85 bits per heavy atom. The molecule has 1 aromatic heterocycles. The molecular weight excluding hydrogens is 244 g/mol. The van der Waals surface area contributed by atoms with Crippen molar-refractivity contribution >= 4 is 15.9 Å². The topological polar surface area (TPSA) is 22.1 Å². The summed E-state index contributed by atoms with van der Waals surface area (Å²) in [5.41, 5.74) is 0.902. The van der Waals surface area contributed by atoms with Gasteiger partial charge in [0, 0.05) is 16.7 Å². The van der Waals surface area contributed by atoms with Crippen molar-refractivity contribution in [2.75, 3.05) is 6.61 Å². The highest BCUT2D eigenvalue weighted by Gasteiger charge is 2.05. The number of hydrogen-bond donors (Lipinski definition) is 0. The van der Waals surface area contributed by atoms with Crippen LogP contribution in [0.5, 0.6) is 5.88 Å². The van der Waals surface area contributed by atoms with E-state index in [1.165, 1.54) is 6.20 Å². The smallest absolute Gasteiger partial charge is 0.272 e. The molecule has 0 atom stereocenters. The molecule has 1 aromatic rings. The summed E-state index contributed by atoms with van der Waals surface area (Å²) in [6.45, 7) is 1.22. The van der Waals surface area contributed by atoms with E-state index in [1.54, 1.807) is 6.07 Å². The highest BCUT2D eigenvalue weighted by Crippen LogP contribution is 2.18. The maximum Gasteiger partial charge on any atom is 0.272 e. The first-order chi connectivity index (χ1) is 6.09. The summed E-state index contributed by atoms with van der Waals surface area (Å²) >= 11 is 3.24. The Morgan fingerprint density at radius 1 is 1.62 bits per heavy atom. The van der Waals surface area contributed by atoms with Gasteiger partial charge in [0.2, 0.25) is 5.88 Å². The molecular formula is C8H8BrF2NO. The molecule has 0 aliphatic carbocycles. The van der Waals surface area contributed by atoms with Gasteiger partial charge in [-0.15, -0.1) is 0 Å². The van der Waals surface area contributed by atoms with E-state index in [0.717, 1.165) is 10.0 Å². The first-order valence-electron chi connectivity index (χ1n) is 3.62. The summed E-state index contributed by atoms with van der Waals surface area (Å²) in [6, 6.07) is 1.60. The molecule has 0 aliphatic rings. The quantitative estimate of drug-likeness (QED) is 0.825. The second-order valence-corrected chi connectivity index (χ2v) is 3.33. The predicted molar refractivity (Wildman–Crippen MR) is 48.2 cm³/mol. The first kappa shape index (κ1) is 10.4. The summed E-state index contributed by atoms with van der Waals surface area (Å²) in [7, 11) is 0. The van der Waals surface area contributed by atoms with Crippen LogP contribution in [0.4, 0.5) is 8.78 Å². The van der Waals surface area contributed by atoms with Crippen molar-refractivity contribution in [3.8, 4) is 5.88 Å². The SMILES string of the molecule is Cc1cc(OCC(F)F)ncc1Br. The summed E-state index contributed by atoms with van der Waals surface area (Å²) < 4.78 is 29.0. The van der Waals surface area contributed by atoms with Gasteiger partial charge >= 0.3 is 0 Å². The minimum atomic E-state index is -2.47. The fourth-order valence-electron chi connectivity index (χ4n) is 0.741. The Balaban J connectivity index is 2.63. The van der Waals surface area contributed by atoms with Gasteiger partial charge in [0.05, 0.1) is 0 Å². The summed E-state index contributed by atoms with van der Waals surface area (Å²) in [5.74, 6) is 0.223. The monoisotopic (exact) mass is 251 g/mol. The van der Waals surface area contributed by atoms with Crippen LogP contribution in [-0.2, 0) is 0 Å². The van der Waals surface area contributed by atoms with Crippen molar-refractivity contribution in [2.45, 2.75) is 13.3 Å². The largest absolute Gasteiger partial charge is 0.472 e. The zero-order valence-electron chi connectivity index (χ0n) is 6.93. The minimum Gasteiger partial charge on any atom is -0.472 e. The molecule has 0 unspecified atom stereocenters. The van der Waals surface area contributed by atoms with Crippen LogP contribution >= 0.6 is 15.9 Å². The molecule has 0 bridgehead atoms. The molecule has 0 aromatic carbocycles. The Kier molecular flexibility index (Phi) is 3.59. The fraction of sp³-hybridized carbons (Fsp3) is 0.375. The van der Waals surface area contributed by atoms with Crippen LogP contribution < -0.4 is 4.74 Å². The van der Waals surface area contributed by atoms with Crippen LogP contribution in [-0.4, -0.2) is 18.0 Å². The normalized spacial score (nSPS) is 10.5. The van der Waals surface area contributed by atoms with Gasteiger partial charge in [-0.25, -0.2) is 13.8 Å². The Morgan fingerprint density at radius 2 is 2.31 bits per heavy atom. The van der Waals surface area contributed by atoms with Crippen LogP contribution in [0, 0.1) is 6.92 Å². The average molecular weight is 252 g/mol. The molecule has 0 radical (unpaired) electrons. The number of hydrogen-bond acceptors (Lipinski definition) is 2. The van der Waals surface area contributed by atoms with E-state index in [2.05, 4.69) is 20.9 Å². The van der Waals surface area contributed by atoms with Crippen molar-refractivity contribution in [3.63, 3.8) is 0 Å². The predicted octanol–water partition coefficient (Wildman–Crippen LogP) is 2.80. The van der Waals surface area contributed by atoms with Crippen molar-refractivity contribution in [1.82, 2.24) is 4.98 Å². The van der Waals surface area contributed by atoms with E-state index < -0.39 is 13.0 Å². The molecule has 0 fully saturated rings. The number of aryl methyl sites for hydroxylation is 1. The molecule has 0 amide bonds. The van der Waals surface area contributed by atoms with Crippen LogP contribution in [0.2, 0.25) is 0 Å². The lowest BCUT2D eigenvalue weighted by atomic mass is 10.3. The van der Waals surface area contributed by atoms with Gasteiger partial charge in [0.25, 0.3) is 6.43 Å². The molecule has 13 heavy (non-hydrogen) atoms. The zero-order valence-corrected chi connectivity index (χ0v) is 8.51. The van der Waals surface area contributed by atoms with Crippen molar-refractivity contribution in [3.05, 3.63) is 22.3 Å². The van der Waals surface area contributed by atoms with E-state index in [9.17, 15) is 8.78 Å². The van der Waals surface area contributed by atoms with Gasteiger partial charge in [-0.05, 0) is 28.4 Å². The molecule has 1 heterocycles. The molecule has 1 rings (SSSR count). The number of alkyl halides is 2. The standard InChI is InChI=1S/C8H8BrF2NO/c1-5-2-8(12-3-6(5)9)13-4-7(10)11/h2-3,7H,4H2,1H3. The van der Waals surface area contributed by atoms with E-state index in [4.69, 9.17) is 4.74 Å². The third kappa shape index (κ3) is 3.26. The second-order valence-electron chi connectivity index (χ2n) is 2.47. The highest BCUT2D eigenvalue weighted by molar-refractivity contribution is 9.10. The first-order valence-corrected chi connectivity index (χ1v) is 4.42. The molecule has 0 saturated carbocycles. The third-order valence-corrected chi connectivity index (χ3v) is 2.21. The molecule has 5 heteroatoms. The van der Waals surface area contributed by atoms with Gasteiger partial charge in [-0.3, -0.25) is 0 Å². The summed E-state index contributed by atoms with van der Waals surface area (Å²) in [6.07, 6.45) is -0.943. The minimum absolute atomic E-state index is 0.223. The van der Waals surface area contributed by atoms with Gasteiger partial charge in [-0.1, -0.05) is 0 Å². The van der Waals surface area contributed by atoms with E-state index in [0.29, 0.717) is 0 Å². The lowest BCUT2D eigenvalue weighted by molar-refractivity contribution is 0.0795. The Hall–Kier alpha value is -0.710. The fourth-order valence-corrected chi connectivity index (χ4v) is 0.958. The van der Waals surface area contributed by atoms with Crippen molar-refractivity contribution < 1.29 is 13.5 Å². The van der Waals surface area contributed by atoms with Crippen LogP contribution in [0.15, 0.2) is 16.7 Å². The summed E-state index contributed by atoms with van der Waals surface area (Å²) in [5, 5.41) is 0. The van der Waals surface area contributed by atoms with E-state index in [1.807, 2.05) is 6.92 Å². The number of pyridine rings is 1. The highest BCUT2D eigenvalue weighted by atomic mass is 79.9. The van der Waals surface area contributed by atoms with Crippen molar-refractivity contribution in [2.24, 2.45) is 0 Å². The lowest BCUT2D eigenvalue weighted by Crippen LogP contribution is -2.07. The maximum absolute atomic E-state index is 11.7. The Bertz CT molecular complexity index is 293. The number of halogens is 3. The van der Waals surface area contributed by atoms with Crippen molar-refractivity contribution in [1.29, 1.82) is 0 Å². The molecule has 0 saturated heterocycles. The van der Waals surface area contributed by atoms with Gasteiger partial charge in [-0.2, -0.15) is 0 Å². The summed E-state index contributed by atoms with van der Waals surface area (Å²) in [4.78, 5) is 3.81. The van der Waals surface area contributed by atoms with Crippen LogP contribution in [0.1, 0.15) is 5.56 Å². The van der Waals surface area contributed by atoms with E-state index in [-0.39, 0.29) is 5.88 Å². The number of aromatic nitrogens is 1. The van der Waals surface area contributed by atoms with Gasteiger partial charge < -0.3 is 4.74 Å². The molecule has 2 nitrogen and oxygen atoms in total. The van der Waals surface area contributed by atoms with Crippen LogP contribution in [0.25, 0.3) is 0 Å². The maximum atomic E-state index is 11.7. The Labute approximate surface area is 83.1 Å². The second kappa shape index (κ2) is 4.50. The zero-order chi connectivity index (χ0) is 9.84. The van der Waals surface area contributed by atoms with Crippen LogP contribution in [0.3, 0.4) is 0 Å². The molecule has 0 N–H and O–H groups in total. The lowest BCUT2D eigenvalue weighted by Gasteiger charge is -2.05. The van der Waals surface area contributed by atoms with Gasteiger partial charge in [0.1, 0.15) is 0 Å². The van der Waals surface area contributed by atoms with Gasteiger partial charge in [0.15, 0.2) is 6.61 Å².